The monoisotopic (exact) mass is 209 g/mol. The Bertz CT molecular complexity index is 101. The zero-order chi connectivity index (χ0) is 5.86. The highest BCUT2D eigenvalue weighted by molar-refractivity contribution is 14.1. The van der Waals surface area contributed by atoms with Crippen LogP contribution in [0.2, 0.25) is 0 Å². The Balaban J connectivity index is 3.68. The predicted octanol–water partition coefficient (Wildman–Crippen LogP) is 1.80. The molecule has 0 bridgehead atoms. The average Bonchev–Trinajstić information content (AvgIpc) is 1.27. The summed E-state index contributed by atoms with van der Waals surface area (Å²) < 4.78 is 1.16. The molecular formula is C5H8IN. The summed E-state index contributed by atoms with van der Waals surface area (Å²) >= 11 is 2.18. The van der Waals surface area contributed by atoms with E-state index < -0.39 is 0 Å². The Kier molecular flexibility index (Phi) is 3.07. The van der Waals surface area contributed by atoms with Crippen LogP contribution in [0.1, 0.15) is 6.92 Å². The summed E-state index contributed by atoms with van der Waals surface area (Å²) in [6.07, 6.45) is 1.82. The molecule has 0 rings (SSSR count). The molecular weight excluding hydrogens is 201 g/mol. The molecule has 0 saturated carbocycles. The minimum atomic E-state index is 0.618. The molecule has 0 heterocycles. The minimum absolute atomic E-state index is 0.618. The zero-order valence-electron chi connectivity index (χ0n) is 4.24. The van der Waals surface area contributed by atoms with Gasteiger partial charge in [-0.2, -0.15) is 0 Å². The quantitative estimate of drug-likeness (QED) is 0.517. The first-order valence-corrected chi connectivity index (χ1v) is 2.99. The maximum absolute atomic E-state index is 5.22. The van der Waals surface area contributed by atoms with Crippen molar-refractivity contribution < 1.29 is 0 Å². The van der Waals surface area contributed by atoms with Crippen LogP contribution in [0, 0.1) is 0 Å². The molecule has 2 heteroatoms. The van der Waals surface area contributed by atoms with E-state index >= 15 is 0 Å². The van der Waals surface area contributed by atoms with Gasteiger partial charge < -0.3 is 5.73 Å². The first-order valence-electron chi connectivity index (χ1n) is 1.91. The second-order valence-corrected chi connectivity index (χ2v) is 3.01. The highest BCUT2D eigenvalue weighted by atomic mass is 127. The molecule has 0 amide bonds. The summed E-state index contributed by atoms with van der Waals surface area (Å²) in [6, 6.07) is 0. The second kappa shape index (κ2) is 3.07. The lowest BCUT2D eigenvalue weighted by atomic mass is 10.4. The average molecular weight is 209 g/mol. The standard InChI is InChI=1S/C5H8IN/c1-4(6)3-5(2)7/h3H,2,7H2,1H3/b4-3+. The minimum Gasteiger partial charge on any atom is -0.399 e. The van der Waals surface area contributed by atoms with E-state index in [1.165, 1.54) is 0 Å². The van der Waals surface area contributed by atoms with E-state index in [1.807, 2.05) is 13.0 Å². The van der Waals surface area contributed by atoms with Gasteiger partial charge in [-0.15, -0.1) is 0 Å². The van der Waals surface area contributed by atoms with Gasteiger partial charge >= 0.3 is 0 Å². The smallest absolute Gasteiger partial charge is 0.0248 e. The SMILES string of the molecule is C=C(N)/C=C(\C)I. The molecule has 0 fully saturated rings. The molecule has 0 aliphatic rings. The summed E-state index contributed by atoms with van der Waals surface area (Å²) in [6.45, 7) is 5.46. The number of hydrogen-bond donors (Lipinski definition) is 1. The number of rotatable bonds is 1. The molecule has 0 aromatic carbocycles. The van der Waals surface area contributed by atoms with Crippen LogP contribution in [-0.4, -0.2) is 0 Å². The summed E-state index contributed by atoms with van der Waals surface area (Å²) in [7, 11) is 0. The van der Waals surface area contributed by atoms with Gasteiger partial charge in [0.05, 0.1) is 0 Å². The first-order chi connectivity index (χ1) is 3.13. The number of halogens is 1. The van der Waals surface area contributed by atoms with Crippen LogP contribution in [0.25, 0.3) is 0 Å². The van der Waals surface area contributed by atoms with Crippen molar-refractivity contribution in [1.29, 1.82) is 0 Å². The van der Waals surface area contributed by atoms with Gasteiger partial charge in [0.1, 0.15) is 0 Å². The Morgan fingerprint density at radius 1 is 1.86 bits per heavy atom. The van der Waals surface area contributed by atoms with Gasteiger partial charge in [-0.25, -0.2) is 0 Å². The largest absolute Gasteiger partial charge is 0.399 e. The topological polar surface area (TPSA) is 26.0 Å². The third-order valence-electron chi connectivity index (χ3n) is 0.384. The number of allylic oxidation sites excluding steroid dienone is 2. The lowest BCUT2D eigenvalue weighted by Gasteiger charge is -1.84. The molecule has 0 spiro atoms. The third kappa shape index (κ3) is 6.01. The normalized spacial score (nSPS) is 11.4. The van der Waals surface area contributed by atoms with Gasteiger partial charge in [0.2, 0.25) is 0 Å². The highest BCUT2D eigenvalue weighted by Gasteiger charge is 1.76. The van der Waals surface area contributed by atoms with Gasteiger partial charge in [-0.1, -0.05) is 6.58 Å². The van der Waals surface area contributed by atoms with Crippen LogP contribution in [-0.2, 0) is 0 Å². The Morgan fingerprint density at radius 2 is 2.29 bits per heavy atom. The van der Waals surface area contributed by atoms with Crippen LogP contribution in [0.4, 0.5) is 0 Å². The van der Waals surface area contributed by atoms with Crippen molar-refractivity contribution in [3.63, 3.8) is 0 Å². The van der Waals surface area contributed by atoms with Crippen molar-refractivity contribution in [3.05, 3.63) is 21.9 Å². The first kappa shape index (κ1) is 7.01. The molecule has 0 aromatic heterocycles. The lowest BCUT2D eigenvalue weighted by molar-refractivity contribution is 1.44. The molecule has 0 aliphatic heterocycles. The van der Waals surface area contributed by atoms with Crippen molar-refractivity contribution in [2.24, 2.45) is 5.73 Å². The molecule has 40 valence electrons. The van der Waals surface area contributed by atoms with Gasteiger partial charge in [0.25, 0.3) is 0 Å². The van der Waals surface area contributed by atoms with E-state index in [9.17, 15) is 0 Å². The van der Waals surface area contributed by atoms with E-state index in [4.69, 9.17) is 5.73 Å². The van der Waals surface area contributed by atoms with E-state index in [0.29, 0.717) is 5.70 Å². The van der Waals surface area contributed by atoms with Crippen LogP contribution in [0.5, 0.6) is 0 Å². The van der Waals surface area contributed by atoms with Crippen LogP contribution in [0.3, 0.4) is 0 Å². The predicted molar refractivity (Wildman–Crippen MR) is 41.1 cm³/mol. The fourth-order valence-corrected chi connectivity index (χ4v) is 0.655. The Labute approximate surface area is 57.4 Å². The fraction of sp³-hybridized carbons (Fsp3) is 0.200. The Hall–Kier alpha value is 0.01000. The van der Waals surface area contributed by atoms with Crippen molar-refractivity contribution in [2.75, 3.05) is 0 Å². The summed E-state index contributed by atoms with van der Waals surface area (Å²) in [5.41, 5.74) is 5.84. The molecule has 0 radical (unpaired) electrons. The Morgan fingerprint density at radius 3 is 2.29 bits per heavy atom. The van der Waals surface area contributed by atoms with Gasteiger partial charge in [-0.05, 0) is 39.2 Å². The van der Waals surface area contributed by atoms with Crippen molar-refractivity contribution in [3.8, 4) is 0 Å². The summed E-state index contributed by atoms with van der Waals surface area (Å²) in [4.78, 5) is 0. The number of nitrogens with two attached hydrogens (primary N) is 1. The van der Waals surface area contributed by atoms with Crippen LogP contribution >= 0.6 is 22.6 Å². The van der Waals surface area contributed by atoms with Crippen LogP contribution in [0.15, 0.2) is 21.9 Å². The van der Waals surface area contributed by atoms with Gasteiger partial charge in [-0.3, -0.25) is 0 Å². The van der Waals surface area contributed by atoms with E-state index in [0.717, 1.165) is 3.58 Å². The molecule has 0 aromatic rings. The fourth-order valence-electron chi connectivity index (χ4n) is 0.255. The molecule has 0 aliphatic carbocycles. The van der Waals surface area contributed by atoms with E-state index in [-0.39, 0.29) is 0 Å². The highest BCUT2D eigenvalue weighted by Crippen LogP contribution is 2.03. The van der Waals surface area contributed by atoms with E-state index in [2.05, 4.69) is 29.2 Å². The van der Waals surface area contributed by atoms with Gasteiger partial charge in [0.15, 0.2) is 0 Å². The lowest BCUT2D eigenvalue weighted by Crippen LogP contribution is -1.88. The molecule has 7 heavy (non-hydrogen) atoms. The number of hydrogen-bond acceptors (Lipinski definition) is 1. The third-order valence-corrected chi connectivity index (χ3v) is 0.696. The molecule has 0 unspecified atom stereocenters. The van der Waals surface area contributed by atoms with Gasteiger partial charge in [0, 0.05) is 5.70 Å². The van der Waals surface area contributed by atoms with Crippen molar-refractivity contribution >= 4 is 22.6 Å². The van der Waals surface area contributed by atoms with Crippen molar-refractivity contribution in [2.45, 2.75) is 6.92 Å². The van der Waals surface area contributed by atoms with Crippen LogP contribution < -0.4 is 5.73 Å². The summed E-state index contributed by atoms with van der Waals surface area (Å²) in [5.74, 6) is 0. The molecule has 2 N–H and O–H groups in total. The molecule has 0 atom stereocenters. The molecule has 1 nitrogen and oxygen atoms in total. The maximum atomic E-state index is 5.22. The molecule has 0 saturated heterocycles. The zero-order valence-corrected chi connectivity index (χ0v) is 6.40. The van der Waals surface area contributed by atoms with Crippen molar-refractivity contribution in [1.82, 2.24) is 0 Å². The maximum Gasteiger partial charge on any atom is 0.0248 e. The van der Waals surface area contributed by atoms with E-state index in [1.54, 1.807) is 0 Å². The summed E-state index contributed by atoms with van der Waals surface area (Å²) in [5, 5.41) is 0. The second-order valence-electron chi connectivity index (χ2n) is 1.31.